The minimum Gasteiger partial charge on any atom is -0.307 e. The van der Waals surface area contributed by atoms with Crippen LogP contribution in [0.2, 0.25) is 0 Å². The average Bonchev–Trinajstić information content (AvgIpc) is 2.63. The van der Waals surface area contributed by atoms with Crippen molar-refractivity contribution in [2.75, 3.05) is 33.2 Å². The molecule has 0 saturated heterocycles. The standard InChI is InChI=1S/C11H21F3N2/c1-16(8-10-4-2-3-5-10)7-6-15-9-11(12,13)14/h10,15H,2-9H2,1H3. The van der Waals surface area contributed by atoms with Crippen LogP contribution in [-0.2, 0) is 0 Å². The Labute approximate surface area is 95.2 Å². The summed E-state index contributed by atoms with van der Waals surface area (Å²) in [5.74, 6) is 0.757. The van der Waals surface area contributed by atoms with E-state index < -0.39 is 12.7 Å². The molecule has 0 aromatic rings. The van der Waals surface area contributed by atoms with Crippen molar-refractivity contribution in [1.29, 1.82) is 0 Å². The lowest BCUT2D eigenvalue weighted by Crippen LogP contribution is -2.36. The van der Waals surface area contributed by atoms with Gasteiger partial charge in [0.05, 0.1) is 6.54 Å². The molecular formula is C11H21F3N2. The van der Waals surface area contributed by atoms with Crippen molar-refractivity contribution in [2.45, 2.75) is 31.9 Å². The Balaban J connectivity index is 1.99. The van der Waals surface area contributed by atoms with Crippen LogP contribution in [-0.4, -0.2) is 44.3 Å². The molecule has 1 N–H and O–H groups in total. The summed E-state index contributed by atoms with van der Waals surface area (Å²) >= 11 is 0. The monoisotopic (exact) mass is 238 g/mol. The first kappa shape index (κ1) is 13.8. The summed E-state index contributed by atoms with van der Waals surface area (Å²) in [7, 11) is 1.98. The first-order valence-corrected chi connectivity index (χ1v) is 5.93. The lowest BCUT2D eigenvalue weighted by molar-refractivity contribution is -0.124. The van der Waals surface area contributed by atoms with Crippen LogP contribution < -0.4 is 5.32 Å². The van der Waals surface area contributed by atoms with Gasteiger partial charge in [-0.1, -0.05) is 12.8 Å². The summed E-state index contributed by atoms with van der Waals surface area (Å²) in [6.07, 6.45) is 1.08. The number of halogens is 3. The molecule has 1 rings (SSSR count). The Hall–Kier alpha value is -0.290. The first-order valence-electron chi connectivity index (χ1n) is 5.93. The normalized spacial score (nSPS) is 18.6. The van der Waals surface area contributed by atoms with Crippen LogP contribution in [0, 0.1) is 5.92 Å². The van der Waals surface area contributed by atoms with Gasteiger partial charge in [-0.25, -0.2) is 0 Å². The predicted molar refractivity (Wildman–Crippen MR) is 58.4 cm³/mol. The van der Waals surface area contributed by atoms with Crippen LogP contribution in [0.3, 0.4) is 0 Å². The number of alkyl halides is 3. The van der Waals surface area contributed by atoms with E-state index in [9.17, 15) is 13.2 Å². The molecular weight excluding hydrogens is 217 g/mol. The fourth-order valence-corrected chi connectivity index (χ4v) is 2.23. The van der Waals surface area contributed by atoms with E-state index in [2.05, 4.69) is 10.2 Å². The molecule has 2 nitrogen and oxygen atoms in total. The van der Waals surface area contributed by atoms with Crippen molar-refractivity contribution in [3.63, 3.8) is 0 Å². The molecule has 0 bridgehead atoms. The molecule has 0 radical (unpaired) electrons. The minimum absolute atomic E-state index is 0.405. The van der Waals surface area contributed by atoms with Crippen molar-refractivity contribution < 1.29 is 13.2 Å². The summed E-state index contributed by atoms with van der Waals surface area (Å²) in [4.78, 5) is 2.12. The van der Waals surface area contributed by atoms with Crippen LogP contribution in [0.4, 0.5) is 13.2 Å². The van der Waals surface area contributed by atoms with Gasteiger partial charge in [0.2, 0.25) is 0 Å². The number of nitrogens with zero attached hydrogens (tertiary/aromatic N) is 1. The summed E-state index contributed by atoms with van der Waals surface area (Å²) in [5.41, 5.74) is 0. The smallest absolute Gasteiger partial charge is 0.307 e. The zero-order valence-corrected chi connectivity index (χ0v) is 9.82. The van der Waals surface area contributed by atoms with Crippen LogP contribution >= 0.6 is 0 Å². The minimum atomic E-state index is -4.09. The largest absolute Gasteiger partial charge is 0.401 e. The highest BCUT2D eigenvalue weighted by Gasteiger charge is 2.26. The van der Waals surface area contributed by atoms with Gasteiger partial charge < -0.3 is 10.2 Å². The van der Waals surface area contributed by atoms with Gasteiger partial charge in [0, 0.05) is 19.6 Å². The highest BCUT2D eigenvalue weighted by molar-refractivity contribution is 4.70. The maximum absolute atomic E-state index is 11.8. The zero-order valence-electron chi connectivity index (χ0n) is 9.82. The van der Waals surface area contributed by atoms with E-state index >= 15 is 0 Å². The Morgan fingerprint density at radius 2 is 1.88 bits per heavy atom. The van der Waals surface area contributed by atoms with Crippen molar-refractivity contribution in [2.24, 2.45) is 5.92 Å². The second-order valence-corrected chi connectivity index (χ2v) is 4.70. The average molecular weight is 238 g/mol. The zero-order chi connectivity index (χ0) is 12.0. The van der Waals surface area contributed by atoms with E-state index in [4.69, 9.17) is 0 Å². The topological polar surface area (TPSA) is 15.3 Å². The quantitative estimate of drug-likeness (QED) is 0.714. The first-order chi connectivity index (χ1) is 7.47. The number of hydrogen-bond donors (Lipinski definition) is 1. The maximum Gasteiger partial charge on any atom is 0.401 e. The van der Waals surface area contributed by atoms with E-state index in [1.807, 2.05) is 7.05 Å². The van der Waals surface area contributed by atoms with Gasteiger partial charge >= 0.3 is 6.18 Å². The Kier molecular flexibility index (Phi) is 5.55. The van der Waals surface area contributed by atoms with Crippen LogP contribution in [0.1, 0.15) is 25.7 Å². The van der Waals surface area contributed by atoms with E-state index in [0.717, 1.165) is 12.5 Å². The van der Waals surface area contributed by atoms with Crippen molar-refractivity contribution >= 4 is 0 Å². The Morgan fingerprint density at radius 3 is 2.44 bits per heavy atom. The molecule has 1 saturated carbocycles. The van der Waals surface area contributed by atoms with E-state index in [1.165, 1.54) is 25.7 Å². The van der Waals surface area contributed by atoms with Crippen molar-refractivity contribution in [3.8, 4) is 0 Å². The summed E-state index contributed by atoms with van der Waals surface area (Å²) in [6.45, 7) is 1.23. The number of rotatable bonds is 6. The second-order valence-electron chi connectivity index (χ2n) is 4.70. The molecule has 0 aliphatic heterocycles. The Morgan fingerprint density at radius 1 is 1.25 bits per heavy atom. The van der Waals surface area contributed by atoms with Crippen molar-refractivity contribution in [1.82, 2.24) is 10.2 Å². The van der Waals surface area contributed by atoms with E-state index in [0.29, 0.717) is 13.1 Å². The van der Waals surface area contributed by atoms with Crippen LogP contribution in [0.5, 0.6) is 0 Å². The predicted octanol–water partition coefficient (Wildman–Crippen LogP) is 2.26. The highest BCUT2D eigenvalue weighted by atomic mass is 19.4. The van der Waals surface area contributed by atoms with E-state index in [-0.39, 0.29) is 0 Å². The van der Waals surface area contributed by atoms with Crippen LogP contribution in [0.15, 0.2) is 0 Å². The number of likely N-dealkylation sites (N-methyl/N-ethyl adjacent to an activating group) is 1. The van der Waals surface area contributed by atoms with Gasteiger partial charge in [-0.05, 0) is 25.8 Å². The number of hydrogen-bond acceptors (Lipinski definition) is 2. The van der Waals surface area contributed by atoms with Gasteiger partial charge in [-0.15, -0.1) is 0 Å². The third-order valence-corrected chi connectivity index (χ3v) is 3.04. The lowest BCUT2D eigenvalue weighted by Gasteiger charge is -2.21. The molecule has 1 aliphatic carbocycles. The molecule has 0 aromatic carbocycles. The molecule has 0 heterocycles. The maximum atomic E-state index is 11.8. The summed E-state index contributed by atoms with van der Waals surface area (Å²) in [6, 6.07) is 0. The third kappa shape index (κ3) is 6.33. The summed E-state index contributed by atoms with van der Waals surface area (Å²) in [5, 5.41) is 2.41. The third-order valence-electron chi connectivity index (χ3n) is 3.04. The SMILES string of the molecule is CN(CCNCC(F)(F)F)CC1CCCC1. The molecule has 16 heavy (non-hydrogen) atoms. The molecule has 0 spiro atoms. The molecule has 0 unspecified atom stereocenters. The molecule has 1 fully saturated rings. The molecule has 5 heteroatoms. The van der Waals surface area contributed by atoms with Gasteiger partial charge in [0.25, 0.3) is 0 Å². The molecule has 0 amide bonds. The van der Waals surface area contributed by atoms with Gasteiger partial charge in [0.15, 0.2) is 0 Å². The Bertz CT molecular complexity index is 188. The molecule has 0 aromatic heterocycles. The fourth-order valence-electron chi connectivity index (χ4n) is 2.23. The van der Waals surface area contributed by atoms with Gasteiger partial charge in [-0.2, -0.15) is 13.2 Å². The number of nitrogens with one attached hydrogen (secondary N) is 1. The van der Waals surface area contributed by atoms with Crippen molar-refractivity contribution in [3.05, 3.63) is 0 Å². The van der Waals surface area contributed by atoms with E-state index in [1.54, 1.807) is 0 Å². The van der Waals surface area contributed by atoms with Crippen LogP contribution in [0.25, 0.3) is 0 Å². The highest BCUT2D eigenvalue weighted by Crippen LogP contribution is 2.24. The van der Waals surface area contributed by atoms with Gasteiger partial charge in [-0.3, -0.25) is 0 Å². The lowest BCUT2D eigenvalue weighted by atomic mass is 10.1. The molecule has 0 atom stereocenters. The molecule has 1 aliphatic rings. The second kappa shape index (κ2) is 6.45. The molecule has 96 valence electrons. The fraction of sp³-hybridized carbons (Fsp3) is 1.00. The summed E-state index contributed by atoms with van der Waals surface area (Å²) < 4.78 is 35.5. The van der Waals surface area contributed by atoms with Gasteiger partial charge in [0.1, 0.15) is 0 Å².